The molecule has 154 valence electrons. The van der Waals surface area contributed by atoms with Crippen molar-refractivity contribution in [3.63, 3.8) is 0 Å². The van der Waals surface area contributed by atoms with E-state index in [0.29, 0.717) is 12.8 Å². The highest BCUT2D eigenvalue weighted by Gasteiger charge is 2.55. The summed E-state index contributed by atoms with van der Waals surface area (Å²) >= 11 is 3.10. The Labute approximate surface area is 169 Å². The van der Waals surface area contributed by atoms with Crippen molar-refractivity contribution >= 4 is 27.9 Å². The standard InChI is InChI=1S/C19H22BrF3N2O3/c1-17(2,3)28-16(27)24-9-10-25(18(11-24)7-8-18)15(26)14-12(19(21,22)23)5-4-6-13(14)20/h4-6H,7-11H2,1-3H3. The summed E-state index contributed by atoms with van der Waals surface area (Å²) in [7, 11) is 0. The van der Waals surface area contributed by atoms with E-state index in [1.54, 1.807) is 20.8 Å². The monoisotopic (exact) mass is 462 g/mol. The largest absolute Gasteiger partial charge is 0.444 e. The smallest absolute Gasteiger partial charge is 0.417 e. The molecular formula is C19H22BrF3N2O3. The van der Waals surface area contributed by atoms with Crippen LogP contribution in [0.3, 0.4) is 0 Å². The molecule has 1 aromatic rings. The summed E-state index contributed by atoms with van der Waals surface area (Å²) < 4.78 is 45.8. The number of ether oxygens (including phenoxy) is 1. The molecule has 0 N–H and O–H groups in total. The maximum absolute atomic E-state index is 13.4. The Balaban J connectivity index is 1.84. The van der Waals surface area contributed by atoms with Gasteiger partial charge in [-0.2, -0.15) is 13.2 Å². The van der Waals surface area contributed by atoms with Crippen LogP contribution in [-0.4, -0.2) is 52.6 Å². The Morgan fingerprint density at radius 1 is 1.14 bits per heavy atom. The summed E-state index contributed by atoms with van der Waals surface area (Å²) in [5.41, 5.74) is -2.61. The van der Waals surface area contributed by atoms with E-state index in [1.807, 2.05) is 0 Å². The fraction of sp³-hybridized carbons (Fsp3) is 0.579. The second-order valence-electron chi connectivity index (χ2n) is 8.24. The molecule has 1 aromatic carbocycles. The minimum Gasteiger partial charge on any atom is -0.444 e. The van der Waals surface area contributed by atoms with Crippen molar-refractivity contribution in [2.75, 3.05) is 19.6 Å². The minimum absolute atomic E-state index is 0.109. The maximum atomic E-state index is 13.4. The Bertz CT molecular complexity index is 801. The van der Waals surface area contributed by atoms with E-state index in [9.17, 15) is 22.8 Å². The molecule has 1 aliphatic carbocycles. The third-order valence-corrected chi connectivity index (χ3v) is 5.57. The van der Waals surface area contributed by atoms with Crippen LogP contribution in [0, 0.1) is 0 Å². The lowest BCUT2D eigenvalue weighted by molar-refractivity contribution is -0.138. The number of piperazine rings is 1. The molecule has 0 unspecified atom stereocenters. The van der Waals surface area contributed by atoms with E-state index >= 15 is 0 Å². The van der Waals surface area contributed by atoms with E-state index in [2.05, 4.69) is 15.9 Å². The molecule has 1 spiro atoms. The van der Waals surface area contributed by atoms with Crippen LogP contribution in [-0.2, 0) is 10.9 Å². The number of hydrogen-bond donors (Lipinski definition) is 0. The fourth-order valence-electron chi connectivity index (χ4n) is 3.46. The molecule has 0 bridgehead atoms. The number of hydrogen-bond acceptors (Lipinski definition) is 3. The first-order chi connectivity index (χ1) is 12.8. The second-order valence-corrected chi connectivity index (χ2v) is 9.10. The molecule has 2 fully saturated rings. The van der Waals surface area contributed by atoms with Gasteiger partial charge in [0.15, 0.2) is 0 Å². The molecule has 9 heteroatoms. The summed E-state index contributed by atoms with van der Waals surface area (Å²) in [6, 6.07) is 3.60. The van der Waals surface area contributed by atoms with Crippen molar-refractivity contribution < 1.29 is 27.5 Å². The van der Waals surface area contributed by atoms with Gasteiger partial charge in [-0.3, -0.25) is 4.79 Å². The third kappa shape index (κ3) is 4.14. The summed E-state index contributed by atoms with van der Waals surface area (Å²) in [4.78, 5) is 28.5. The van der Waals surface area contributed by atoms with E-state index in [4.69, 9.17) is 4.74 Å². The van der Waals surface area contributed by atoms with Crippen molar-refractivity contribution in [1.29, 1.82) is 0 Å². The van der Waals surface area contributed by atoms with Crippen molar-refractivity contribution in [2.24, 2.45) is 0 Å². The molecule has 0 radical (unpaired) electrons. The second kappa shape index (κ2) is 6.93. The van der Waals surface area contributed by atoms with Crippen LogP contribution < -0.4 is 0 Å². The highest BCUT2D eigenvalue weighted by Crippen LogP contribution is 2.46. The average Bonchev–Trinajstić information content (AvgIpc) is 3.31. The zero-order chi connectivity index (χ0) is 20.9. The molecule has 3 rings (SSSR count). The van der Waals surface area contributed by atoms with Crippen molar-refractivity contribution in [1.82, 2.24) is 9.80 Å². The number of halogens is 4. The molecule has 28 heavy (non-hydrogen) atoms. The summed E-state index contributed by atoms with van der Waals surface area (Å²) in [6.45, 7) is 5.94. The van der Waals surface area contributed by atoms with Gasteiger partial charge in [-0.25, -0.2) is 4.79 Å². The molecule has 2 amide bonds. The normalized spacial score (nSPS) is 19.0. The van der Waals surface area contributed by atoms with Crippen molar-refractivity contribution in [3.05, 3.63) is 33.8 Å². The number of amides is 2. The number of carbonyl (C=O) groups is 2. The molecule has 1 heterocycles. The number of rotatable bonds is 1. The van der Waals surface area contributed by atoms with Crippen LogP contribution in [0.15, 0.2) is 22.7 Å². The Hall–Kier alpha value is -1.77. The van der Waals surface area contributed by atoms with Gasteiger partial charge in [0, 0.05) is 24.1 Å². The van der Waals surface area contributed by atoms with E-state index in [0.717, 1.165) is 6.07 Å². The molecule has 0 atom stereocenters. The molecular weight excluding hydrogens is 441 g/mol. The zero-order valence-corrected chi connectivity index (χ0v) is 17.5. The highest BCUT2D eigenvalue weighted by molar-refractivity contribution is 9.10. The van der Waals surface area contributed by atoms with E-state index in [1.165, 1.54) is 21.9 Å². The van der Waals surface area contributed by atoms with Gasteiger partial charge < -0.3 is 14.5 Å². The fourth-order valence-corrected chi connectivity index (χ4v) is 4.00. The van der Waals surface area contributed by atoms with Crippen LogP contribution in [0.5, 0.6) is 0 Å². The number of nitrogens with zero attached hydrogens (tertiary/aromatic N) is 2. The van der Waals surface area contributed by atoms with Crippen molar-refractivity contribution in [2.45, 2.75) is 50.9 Å². The number of benzene rings is 1. The molecule has 0 aromatic heterocycles. The van der Waals surface area contributed by atoms with Gasteiger partial charge in [-0.1, -0.05) is 6.07 Å². The number of alkyl halides is 3. The van der Waals surface area contributed by atoms with Crippen LogP contribution in [0.4, 0.5) is 18.0 Å². The van der Waals surface area contributed by atoms with Crippen LogP contribution in [0.1, 0.15) is 49.5 Å². The highest BCUT2D eigenvalue weighted by atomic mass is 79.9. The Morgan fingerprint density at radius 3 is 2.32 bits per heavy atom. The molecule has 1 aliphatic heterocycles. The van der Waals surface area contributed by atoms with Crippen LogP contribution in [0.2, 0.25) is 0 Å². The summed E-state index contributed by atoms with van der Waals surface area (Å²) in [6.07, 6.45) is -3.82. The zero-order valence-electron chi connectivity index (χ0n) is 15.9. The quantitative estimate of drug-likeness (QED) is 0.607. The Morgan fingerprint density at radius 2 is 1.79 bits per heavy atom. The van der Waals surface area contributed by atoms with Gasteiger partial charge in [-0.15, -0.1) is 0 Å². The first-order valence-corrected chi connectivity index (χ1v) is 9.79. The average molecular weight is 463 g/mol. The van der Waals surface area contributed by atoms with Gasteiger partial charge in [0.2, 0.25) is 0 Å². The van der Waals surface area contributed by atoms with Gasteiger partial charge in [-0.05, 0) is 61.7 Å². The molecule has 5 nitrogen and oxygen atoms in total. The van der Waals surface area contributed by atoms with E-state index in [-0.39, 0.29) is 29.7 Å². The topological polar surface area (TPSA) is 49.9 Å². The lowest BCUT2D eigenvalue weighted by Gasteiger charge is -2.42. The summed E-state index contributed by atoms with van der Waals surface area (Å²) in [5.74, 6) is -0.666. The SMILES string of the molecule is CC(C)(C)OC(=O)N1CCN(C(=O)c2c(Br)cccc2C(F)(F)F)C2(CC2)C1. The predicted molar refractivity (Wildman–Crippen MR) is 100.0 cm³/mol. The lowest BCUT2D eigenvalue weighted by atomic mass is 10.0. The first kappa shape index (κ1) is 21.0. The molecule has 2 aliphatic rings. The third-order valence-electron chi connectivity index (χ3n) is 4.91. The maximum Gasteiger partial charge on any atom is 0.417 e. The molecule has 1 saturated heterocycles. The lowest BCUT2D eigenvalue weighted by Crippen LogP contribution is -2.59. The van der Waals surface area contributed by atoms with Gasteiger partial charge in [0.1, 0.15) is 5.60 Å². The first-order valence-electron chi connectivity index (χ1n) is 9.00. The van der Waals surface area contributed by atoms with Crippen molar-refractivity contribution in [3.8, 4) is 0 Å². The predicted octanol–water partition coefficient (Wildman–Crippen LogP) is 4.69. The van der Waals surface area contributed by atoms with Gasteiger partial charge in [0.25, 0.3) is 5.91 Å². The van der Waals surface area contributed by atoms with Gasteiger partial charge in [0.05, 0.1) is 16.7 Å². The molecule has 1 saturated carbocycles. The minimum atomic E-state index is -4.64. The summed E-state index contributed by atoms with van der Waals surface area (Å²) in [5, 5.41) is 0. The van der Waals surface area contributed by atoms with Crippen LogP contribution >= 0.6 is 15.9 Å². The van der Waals surface area contributed by atoms with Gasteiger partial charge >= 0.3 is 12.3 Å². The van der Waals surface area contributed by atoms with E-state index < -0.39 is 34.9 Å². The Kier molecular flexibility index (Phi) is 5.19. The van der Waals surface area contributed by atoms with Crippen LogP contribution in [0.25, 0.3) is 0 Å². The number of carbonyl (C=O) groups excluding carboxylic acids is 2.